The number of hydrogen-bond acceptors (Lipinski definition) is 4. The summed E-state index contributed by atoms with van der Waals surface area (Å²) in [6.45, 7) is 0.927. The van der Waals surface area contributed by atoms with Gasteiger partial charge < -0.3 is 10.6 Å². The fraction of sp³-hybridized carbons (Fsp3) is 0.900. The van der Waals surface area contributed by atoms with Crippen LogP contribution in [-0.4, -0.2) is 41.5 Å². The summed E-state index contributed by atoms with van der Waals surface area (Å²) in [7, 11) is 0. The molecular weight excluding hydrogens is 194 g/mol. The van der Waals surface area contributed by atoms with Gasteiger partial charge in [-0.3, -0.25) is 4.99 Å². The second kappa shape index (κ2) is 4.43. The van der Waals surface area contributed by atoms with E-state index in [2.05, 4.69) is 16.1 Å². The average molecular weight is 213 g/mol. The van der Waals surface area contributed by atoms with Gasteiger partial charge in [-0.15, -0.1) is 0 Å². The molecule has 14 heavy (non-hydrogen) atoms. The Balaban J connectivity index is 1.81. The van der Waals surface area contributed by atoms with Crippen LogP contribution in [0.2, 0.25) is 0 Å². The summed E-state index contributed by atoms with van der Waals surface area (Å²) in [5, 5.41) is 0. The number of nitrogens with two attached hydrogens (primary N) is 1. The maximum atomic E-state index is 5.89. The van der Waals surface area contributed by atoms with Gasteiger partial charge in [0.15, 0.2) is 5.96 Å². The van der Waals surface area contributed by atoms with Crippen molar-refractivity contribution in [1.29, 1.82) is 0 Å². The quantitative estimate of drug-likeness (QED) is 0.700. The summed E-state index contributed by atoms with van der Waals surface area (Å²) in [4.78, 5) is 6.71. The number of thioether (sulfide) groups is 1. The Kier molecular flexibility index (Phi) is 3.21. The Bertz CT molecular complexity index is 225. The molecule has 1 aliphatic carbocycles. The van der Waals surface area contributed by atoms with Gasteiger partial charge >= 0.3 is 0 Å². The summed E-state index contributed by atoms with van der Waals surface area (Å²) < 4.78 is 0. The smallest absolute Gasteiger partial charge is 0.191 e. The molecule has 0 aromatic heterocycles. The molecular formula is C10H19N3S. The lowest BCUT2D eigenvalue weighted by molar-refractivity contribution is 0.314. The van der Waals surface area contributed by atoms with Crippen LogP contribution in [0.25, 0.3) is 0 Å². The normalized spacial score (nSPS) is 26.8. The highest BCUT2D eigenvalue weighted by molar-refractivity contribution is 7.98. The van der Waals surface area contributed by atoms with Crippen molar-refractivity contribution in [2.45, 2.75) is 37.8 Å². The molecule has 1 saturated carbocycles. The minimum absolute atomic E-state index is 0.606. The van der Waals surface area contributed by atoms with Crippen LogP contribution in [0.3, 0.4) is 0 Å². The Morgan fingerprint density at radius 1 is 1.57 bits per heavy atom. The average Bonchev–Trinajstić information content (AvgIpc) is 2.93. The first-order valence-electron chi connectivity index (χ1n) is 5.40. The minimum Gasteiger partial charge on any atom is -0.370 e. The van der Waals surface area contributed by atoms with Crippen LogP contribution >= 0.6 is 11.8 Å². The highest BCUT2D eigenvalue weighted by atomic mass is 32.2. The van der Waals surface area contributed by atoms with Crippen molar-refractivity contribution in [3.05, 3.63) is 0 Å². The molecule has 0 spiro atoms. The number of nitrogens with zero attached hydrogens (tertiary/aromatic N) is 2. The topological polar surface area (TPSA) is 41.6 Å². The molecule has 2 rings (SSSR count). The predicted octanol–water partition coefficient (Wildman–Crippen LogP) is 1.29. The van der Waals surface area contributed by atoms with E-state index in [1.54, 1.807) is 0 Å². The molecule has 0 aromatic carbocycles. The number of hydrogen-bond donors (Lipinski definition) is 1. The molecule has 0 saturated heterocycles. The van der Waals surface area contributed by atoms with Crippen molar-refractivity contribution in [3.8, 4) is 0 Å². The first kappa shape index (κ1) is 10.1. The van der Waals surface area contributed by atoms with Crippen LogP contribution < -0.4 is 5.73 Å². The summed E-state index contributed by atoms with van der Waals surface area (Å²) in [6.07, 6.45) is 7.34. The van der Waals surface area contributed by atoms with Gasteiger partial charge in [-0.25, -0.2) is 0 Å². The molecule has 3 nitrogen and oxygen atoms in total. The van der Waals surface area contributed by atoms with Gasteiger partial charge in [-0.05, 0) is 37.7 Å². The van der Waals surface area contributed by atoms with Crippen LogP contribution in [0.5, 0.6) is 0 Å². The third kappa shape index (κ3) is 2.16. The Hall–Kier alpha value is -0.380. The largest absolute Gasteiger partial charge is 0.370 e. The second-order valence-electron chi connectivity index (χ2n) is 4.13. The van der Waals surface area contributed by atoms with Gasteiger partial charge in [0.05, 0.1) is 12.6 Å². The van der Waals surface area contributed by atoms with E-state index < -0.39 is 0 Å². The molecule has 2 aliphatic rings. The molecule has 1 atom stereocenters. The molecule has 1 heterocycles. The van der Waals surface area contributed by atoms with E-state index in [1.165, 1.54) is 31.4 Å². The van der Waals surface area contributed by atoms with E-state index >= 15 is 0 Å². The third-order valence-electron chi connectivity index (χ3n) is 2.95. The number of aliphatic imine (C=N–C) groups is 1. The Morgan fingerprint density at radius 3 is 3.00 bits per heavy atom. The van der Waals surface area contributed by atoms with Crippen LogP contribution in [0.1, 0.15) is 25.7 Å². The lowest BCUT2D eigenvalue weighted by atomic mass is 10.1. The van der Waals surface area contributed by atoms with E-state index in [0.717, 1.165) is 18.5 Å². The Labute approximate surface area is 90.1 Å². The van der Waals surface area contributed by atoms with Gasteiger partial charge in [0.2, 0.25) is 0 Å². The van der Waals surface area contributed by atoms with Crippen molar-refractivity contribution in [1.82, 2.24) is 4.90 Å². The molecule has 1 fully saturated rings. The molecule has 1 unspecified atom stereocenters. The van der Waals surface area contributed by atoms with Crippen LogP contribution in [0.4, 0.5) is 0 Å². The fourth-order valence-corrected chi connectivity index (χ4v) is 2.54. The molecule has 4 heteroatoms. The zero-order valence-electron chi connectivity index (χ0n) is 8.78. The van der Waals surface area contributed by atoms with Gasteiger partial charge in [-0.1, -0.05) is 0 Å². The highest BCUT2D eigenvalue weighted by Gasteiger charge is 2.37. The molecule has 0 bridgehead atoms. The monoisotopic (exact) mass is 213 g/mol. The second-order valence-corrected chi connectivity index (χ2v) is 5.11. The summed E-state index contributed by atoms with van der Waals surface area (Å²) in [5.41, 5.74) is 5.89. The van der Waals surface area contributed by atoms with Crippen LogP contribution in [0, 0.1) is 0 Å². The van der Waals surface area contributed by atoms with E-state index in [1.807, 2.05) is 11.8 Å². The summed E-state index contributed by atoms with van der Waals surface area (Å²) in [6, 6.07) is 1.33. The van der Waals surface area contributed by atoms with E-state index in [4.69, 9.17) is 5.73 Å². The highest BCUT2D eigenvalue weighted by Crippen LogP contribution is 2.31. The van der Waals surface area contributed by atoms with E-state index in [-0.39, 0.29) is 0 Å². The zero-order valence-corrected chi connectivity index (χ0v) is 9.59. The standard InChI is InChI=1S/C10H19N3S/c1-14-6-2-3-9-7-12-10(11)13(9)8-4-5-8/h8-9H,2-7H2,1H3,(H2,11,12). The van der Waals surface area contributed by atoms with Crippen molar-refractivity contribution in [3.63, 3.8) is 0 Å². The fourth-order valence-electron chi connectivity index (χ4n) is 2.09. The maximum Gasteiger partial charge on any atom is 0.191 e. The van der Waals surface area contributed by atoms with Crippen LogP contribution in [0.15, 0.2) is 4.99 Å². The summed E-state index contributed by atoms with van der Waals surface area (Å²) in [5.74, 6) is 2.05. The van der Waals surface area contributed by atoms with E-state index in [9.17, 15) is 0 Å². The van der Waals surface area contributed by atoms with E-state index in [0.29, 0.717) is 6.04 Å². The summed E-state index contributed by atoms with van der Waals surface area (Å²) >= 11 is 1.92. The molecule has 0 aromatic rings. The number of guanidine groups is 1. The number of rotatable bonds is 5. The van der Waals surface area contributed by atoms with Gasteiger partial charge in [0.25, 0.3) is 0 Å². The van der Waals surface area contributed by atoms with Gasteiger partial charge in [0, 0.05) is 6.04 Å². The molecule has 2 N–H and O–H groups in total. The third-order valence-corrected chi connectivity index (χ3v) is 3.64. The minimum atomic E-state index is 0.606. The predicted molar refractivity (Wildman–Crippen MR) is 62.8 cm³/mol. The van der Waals surface area contributed by atoms with Crippen LogP contribution in [-0.2, 0) is 0 Å². The van der Waals surface area contributed by atoms with Gasteiger partial charge in [-0.2, -0.15) is 11.8 Å². The van der Waals surface area contributed by atoms with Gasteiger partial charge in [0.1, 0.15) is 0 Å². The maximum absolute atomic E-state index is 5.89. The Morgan fingerprint density at radius 2 is 2.36 bits per heavy atom. The van der Waals surface area contributed by atoms with Crippen molar-refractivity contribution in [2.24, 2.45) is 10.7 Å². The first-order valence-corrected chi connectivity index (χ1v) is 6.79. The lowest BCUT2D eigenvalue weighted by Gasteiger charge is -2.25. The molecule has 80 valence electrons. The lowest BCUT2D eigenvalue weighted by Crippen LogP contribution is -2.42. The van der Waals surface area contributed by atoms with Crippen molar-refractivity contribution >= 4 is 17.7 Å². The first-order chi connectivity index (χ1) is 6.83. The zero-order chi connectivity index (χ0) is 9.97. The van der Waals surface area contributed by atoms with Crippen molar-refractivity contribution < 1.29 is 0 Å². The van der Waals surface area contributed by atoms with Crippen molar-refractivity contribution in [2.75, 3.05) is 18.6 Å². The SMILES string of the molecule is CSCCCC1CN=C(N)N1C1CC1. The molecule has 1 aliphatic heterocycles. The molecule has 0 amide bonds. The molecule has 0 radical (unpaired) electrons.